The lowest BCUT2D eigenvalue weighted by atomic mass is 9.85. The van der Waals surface area contributed by atoms with Crippen molar-refractivity contribution in [2.75, 3.05) is 38.2 Å². The number of ether oxygens (including phenoxy) is 2. The van der Waals surface area contributed by atoms with Crippen LogP contribution in [-0.2, 0) is 20.7 Å². The molecule has 0 bridgehead atoms. The maximum absolute atomic E-state index is 15.0. The molecule has 13 heteroatoms. The Hall–Kier alpha value is -4.04. The summed E-state index contributed by atoms with van der Waals surface area (Å²) in [6.07, 6.45) is 1.69. The lowest BCUT2D eigenvalue weighted by molar-refractivity contribution is -0.117. The van der Waals surface area contributed by atoms with Crippen LogP contribution in [0, 0.1) is 17.5 Å². The molecule has 0 radical (unpaired) electrons. The van der Waals surface area contributed by atoms with Crippen LogP contribution < -0.4 is 16.4 Å². The fourth-order valence-corrected chi connectivity index (χ4v) is 6.02. The maximum Gasteiger partial charge on any atom is 0.407 e. The standard InChI is InChI=1S/C32H36F3N5O5/c1-32(18-44-13-12-40(32)31(42)43)27-17-45-23(14-38-27)10-11-24-25(35)15-37-16-26(24)39-30(41)29(36)28(19-2-6-21(33)7-3-19)20-4-8-22(34)9-5-20/h2-9,15-16,23,27-29,38H,10-14,17-18,36H2,1H3,(H,39,41)(H,42,43)/t23-,27-,29+,32?/m1/s1. The molecule has 1 aromatic heterocycles. The smallest absolute Gasteiger partial charge is 0.407 e. The quantitative estimate of drug-likeness (QED) is 0.282. The highest BCUT2D eigenvalue weighted by molar-refractivity contribution is 5.96. The van der Waals surface area contributed by atoms with Crippen molar-refractivity contribution >= 4 is 17.7 Å². The van der Waals surface area contributed by atoms with Gasteiger partial charge in [0, 0.05) is 24.6 Å². The van der Waals surface area contributed by atoms with Crippen LogP contribution in [0.2, 0.25) is 0 Å². The number of carbonyl (C=O) groups is 2. The lowest BCUT2D eigenvalue weighted by Gasteiger charge is -2.49. The van der Waals surface area contributed by atoms with Crippen LogP contribution in [0.5, 0.6) is 0 Å². The van der Waals surface area contributed by atoms with Crippen molar-refractivity contribution in [3.8, 4) is 0 Å². The van der Waals surface area contributed by atoms with Crippen molar-refractivity contribution in [3.05, 3.63) is 95.1 Å². The molecule has 2 aliphatic rings. The van der Waals surface area contributed by atoms with E-state index >= 15 is 4.39 Å². The highest BCUT2D eigenvalue weighted by atomic mass is 19.1. The third-order valence-electron chi connectivity index (χ3n) is 8.64. The number of rotatable bonds is 9. The van der Waals surface area contributed by atoms with E-state index < -0.39 is 47.0 Å². The Morgan fingerprint density at radius 2 is 1.76 bits per heavy atom. The Kier molecular flexibility index (Phi) is 10.0. The third-order valence-corrected chi connectivity index (χ3v) is 8.64. The molecule has 10 nitrogen and oxygen atoms in total. The van der Waals surface area contributed by atoms with E-state index in [2.05, 4.69) is 15.6 Å². The number of nitrogens with one attached hydrogen (secondary N) is 2. The minimum absolute atomic E-state index is 0.151. The average molecular weight is 628 g/mol. The number of nitrogens with zero attached hydrogens (tertiary/aromatic N) is 2. The maximum atomic E-state index is 15.0. The van der Waals surface area contributed by atoms with Gasteiger partial charge in [-0.3, -0.25) is 14.7 Å². The SMILES string of the molecule is CC1([C@H]2CO[C@H](CCc3c(F)cncc3NC(=O)[C@@H](N)C(c3ccc(F)cc3)c3ccc(F)cc3)CN2)COCCN1C(=O)O. The van der Waals surface area contributed by atoms with Crippen molar-refractivity contribution in [1.29, 1.82) is 0 Å². The number of carboxylic acid groups (broad SMARTS) is 1. The number of nitrogens with two attached hydrogens (primary N) is 1. The van der Waals surface area contributed by atoms with Gasteiger partial charge in [-0.2, -0.15) is 0 Å². The van der Waals surface area contributed by atoms with Crippen LogP contribution in [0.3, 0.4) is 0 Å². The number of benzene rings is 2. The van der Waals surface area contributed by atoms with Crippen molar-refractivity contribution < 1.29 is 37.3 Å². The fourth-order valence-electron chi connectivity index (χ4n) is 6.02. The molecular formula is C32H36F3N5O5. The zero-order valence-electron chi connectivity index (χ0n) is 24.7. The molecule has 2 aromatic carbocycles. The summed E-state index contributed by atoms with van der Waals surface area (Å²) < 4.78 is 54.0. The molecule has 4 atom stereocenters. The van der Waals surface area contributed by atoms with Crippen molar-refractivity contribution in [2.24, 2.45) is 5.73 Å². The van der Waals surface area contributed by atoms with Gasteiger partial charge in [0.15, 0.2) is 0 Å². The number of morpholine rings is 2. The lowest BCUT2D eigenvalue weighted by Crippen LogP contribution is -2.69. The Balaban J connectivity index is 1.25. The van der Waals surface area contributed by atoms with E-state index in [0.717, 1.165) is 6.20 Å². The number of amides is 2. The van der Waals surface area contributed by atoms with Gasteiger partial charge in [0.2, 0.25) is 5.91 Å². The second kappa shape index (κ2) is 13.9. The molecule has 2 fully saturated rings. The molecular weight excluding hydrogens is 591 g/mol. The summed E-state index contributed by atoms with van der Waals surface area (Å²) in [4.78, 5) is 30.6. The van der Waals surface area contributed by atoms with Gasteiger partial charge >= 0.3 is 6.09 Å². The zero-order valence-corrected chi connectivity index (χ0v) is 24.7. The first-order valence-corrected chi connectivity index (χ1v) is 14.7. The minimum Gasteiger partial charge on any atom is -0.465 e. The second-order valence-electron chi connectivity index (χ2n) is 11.5. The summed E-state index contributed by atoms with van der Waals surface area (Å²) in [6.45, 7) is 3.30. The predicted octanol–water partition coefficient (Wildman–Crippen LogP) is 3.66. The molecule has 0 spiro atoms. The van der Waals surface area contributed by atoms with E-state index in [1.54, 1.807) is 0 Å². The molecule has 2 saturated heterocycles. The molecule has 5 N–H and O–H groups in total. The molecule has 5 rings (SSSR count). The van der Waals surface area contributed by atoms with Gasteiger partial charge in [-0.15, -0.1) is 0 Å². The van der Waals surface area contributed by atoms with Crippen LogP contribution in [0.4, 0.5) is 23.7 Å². The Morgan fingerprint density at radius 1 is 1.11 bits per heavy atom. The van der Waals surface area contributed by atoms with E-state index in [1.165, 1.54) is 59.6 Å². The summed E-state index contributed by atoms with van der Waals surface area (Å²) in [5, 5.41) is 15.8. The first-order chi connectivity index (χ1) is 21.6. The molecule has 2 amide bonds. The van der Waals surface area contributed by atoms with Crippen LogP contribution >= 0.6 is 0 Å². The molecule has 240 valence electrons. The van der Waals surface area contributed by atoms with Gasteiger partial charge in [0.1, 0.15) is 17.5 Å². The number of hydrogen-bond acceptors (Lipinski definition) is 7. The average Bonchev–Trinajstić information content (AvgIpc) is 3.03. The van der Waals surface area contributed by atoms with Crippen LogP contribution in [0.25, 0.3) is 0 Å². The molecule has 1 unspecified atom stereocenters. The number of aromatic nitrogens is 1. The van der Waals surface area contributed by atoms with Gasteiger partial charge in [-0.25, -0.2) is 18.0 Å². The van der Waals surface area contributed by atoms with Crippen LogP contribution in [-0.4, -0.2) is 83.6 Å². The Labute approximate surface area is 258 Å². The van der Waals surface area contributed by atoms with Gasteiger partial charge in [-0.05, 0) is 55.2 Å². The number of halogens is 3. The summed E-state index contributed by atoms with van der Waals surface area (Å²) in [5.41, 5.74) is 7.11. The zero-order chi connectivity index (χ0) is 32.1. The van der Waals surface area contributed by atoms with Gasteiger partial charge in [0.25, 0.3) is 0 Å². The molecule has 45 heavy (non-hydrogen) atoms. The van der Waals surface area contributed by atoms with E-state index in [0.29, 0.717) is 30.7 Å². The van der Waals surface area contributed by atoms with Crippen molar-refractivity contribution in [3.63, 3.8) is 0 Å². The van der Waals surface area contributed by atoms with E-state index in [1.807, 2.05) is 6.92 Å². The minimum atomic E-state index is -1.20. The van der Waals surface area contributed by atoms with Gasteiger partial charge < -0.3 is 30.9 Å². The monoisotopic (exact) mass is 627 g/mol. The van der Waals surface area contributed by atoms with Crippen molar-refractivity contribution in [1.82, 2.24) is 15.2 Å². The number of pyridine rings is 1. The highest BCUT2D eigenvalue weighted by Gasteiger charge is 2.46. The molecule has 0 saturated carbocycles. The number of carbonyl (C=O) groups excluding carboxylic acids is 1. The normalized spacial score (nSPS) is 22.7. The molecule has 3 heterocycles. The first kappa shape index (κ1) is 32.4. The van der Waals surface area contributed by atoms with E-state index in [9.17, 15) is 23.5 Å². The summed E-state index contributed by atoms with van der Waals surface area (Å²) in [6, 6.07) is 9.54. The van der Waals surface area contributed by atoms with Gasteiger partial charge in [-0.1, -0.05) is 24.3 Å². The number of hydrogen-bond donors (Lipinski definition) is 4. The molecule has 0 aliphatic carbocycles. The predicted molar refractivity (Wildman–Crippen MR) is 159 cm³/mol. The largest absolute Gasteiger partial charge is 0.465 e. The fraction of sp³-hybridized carbons (Fsp3) is 0.406. The first-order valence-electron chi connectivity index (χ1n) is 14.7. The van der Waals surface area contributed by atoms with Crippen LogP contribution in [0.15, 0.2) is 60.9 Å². The second-order valence-corrected chi connectivity index (χ2v) is 11.5. The Morgan fingerprint density at radius 3 is 2.33 bits per heavy atom. The summed E-state index contributed by atoms with van der Waals surface area (Å²) in [5.74, 6) is -2.92. The van der Waals surface area contributed by atoms with Gasteiger partial charge in [0.05, 0.1) is 61.6 Å². The van der Waals surface area contributed by atoms with Crippen LogP contribution in [0.1, 0.15) is 36.0 Å². The van der Waals surface area contributed by atoms with E-state index in [-0.39, 0.29) is 49.6 Å². The van der Waals surface area contributed by atoms with E-state index in [4.69, 9.17) is 15.2 Å². The molecule has 2 aliphatic heterocycles. The molecule has 3 aromatic rings. The van der Waals surface area contributed by atoms with Crippen molar-refractivity contribution in [2.45, 2.75) is 49.4 Å². The topological polar surface area (TPSA) is 139 Å². The number of anilines is 1. The third kappa shape index (κ3) is 7.28. The summed E-state index contributed by atoms with van der Waals surface area (Å²) >= 11 is 0. The Bertz CT molecular complexity index is 1440. The summed E-state index contributed by atoms with van der Waals surface area (Å²) in [7, 11) is 0. The highest BCUT2D eigenvalue weighted by Crippen LogP contribution is 2.30.